The van der Waals surface area contributed by atoms with Gasteiger partial charge in [-0.3, -0.25) is 0 Å². The van der Waals surface area contributed by atoms with Crippen LogP contribution in [0.1, 0.15) is 11.1 Å². The molecule has 7 nitrogen and oxygen atoms in total. The van der Waals surface area contributed by atoms with Gasteiger partial charge in [0.15, 0.2) is 0 Å². The largest absolute Gasteiger partial charge is 0.506 e. The van der Waals surface area contributed by atoms with E-state index in [0.717, 1.165) is 29.3 Å². The van der Waals surface area contributed by atoms with Crippen LogP contribution in [0, 0.1) is 13.8 Å². The standard InChI is InChI=1S/C15H17N3O4S/c1-9-5-10(2)7-11(6-9)17-15(20)18-13-8-12(23(16,21)22)3-4-14(13)19/h3-8,19H,1-2H3,(H2,16,21,22)(H2,17,18,20). The summed E-state index contributed by atoms with van der Waals surface area (Å²) < 4.78 is 22.6. The fourth-order valence-corrected chi connectivity index (χ4v) is 2.66. The van der Waals surface area contributed by atoms with E-state index in [4.69, 9.17) is 5.14 Å². The maximum atomic E-state index is 12.0. The number of anilines is 2. The summed E-state index contributed by atoms with van der Waals surface area (Å²) in [6.07, 6.45) is 0. The van der Waals surface area contributed by atoms with Crippen LogP contribution in [0.4, 0.5) is 16.2 Å². The van der Waals surface area contributed by atoms with E-state index in [2.05, 4.69) is 10.6 Å². The summed E-state index contributed by atoms with van der Waals surface area (Å²) in [5, 5.41) is 19.8. The third-order valence-electron chi connectivity index (χ3n) is 3.02. The number of hydrogen-bond acceptors (Lipinski definition) is 4. The zero-order valence-corrected chi connectivity index (χ0v) is 13.4. The minimum absolute atomic E-state index is 0.0570. The SMILES string of the molecule is Cc1cc(C)cc(NC(=O)Nc2cc(S(N)(=O)=O)ccc2O)c1. The number of phenols is 1. The van der Waals surface area contributed by atoms with Crippen molar-refractivity contribution in [1.29, 1.82) is 0 Å². The van der Waals surface area contributed by atoms with Crippen LogP contribution in [0.2, 0.25) is 0 Å². The molecule has 0 aromatic heterocycles. The van der Waals surface area contributed by atoms with Gasteiger partial charge in [0.2, 0.25) is 10.0 Å². The minimum Gasteiger partial charge on any atom is -0.506 e. The van der Waals surface area contributed by atoms with Gasteiger partial charge in [-0.05, 0) is 55.3 Å². The number of amides is 2. The molecule has 0 aliphatic rings. The molecule has 122 valence electrons. The van der Waals surface area contributed by atoms with Gasteiger partial charge in [-0.25, -0.2) is 18.4 Å². The van der Waals surface area contributed by atoms with E-state index >= 15 is 0 Å². The van der Waals surface area contributed by atoms with Crippen molar-refractivity contribution in [2.24, 2.45) is 5.14 Å². The molecule has 0 aliphatic heterocycles. The van der Waals surface area contributed by atoms with Gasteiger partial charge in [0.1, 0.15) is 5.75 Å². The first-order valence-electron chi connectivity index (χ1n) is 6.67. The van der Waals surface area contributed by atoms with E-state index in [1.165, 1.54) is 0 Å². The van der Waals surface area contributed by atoms with Crippen molar-refractivity contribution in [3.05, 3.63) is 47.5 Å². The minimum atomic E-state index is -3.93. The lowest BCUT2D eigenvalue weighted by molar-refractivity contribution is 0.262. The summed E-state index contributed by atoms with van der Waals surface area (Å²) in [6, 6.07) is 8.30. The maximum absolute atomic E-state index is 12.0. The Kier molecular flexibility index (Phi) is 4.57. The van der Waals surface area contributed by atoms with Crippen molar-refractivity contribution >= 4 is 27.4 Å². The lowest BCUT2D eigenvalue weighted by atomic mass is 10.1. The van der Waals surface area contributed by atoms with Gasteiger partial charge >= 0.3 is 6.03 Å². The third kappa shape index (κ3) is 4.44. The highest BCUT2D eigenvalue weighted by molar-refractivity contribution is 7.89. The van der Waals surface area contributed by atoms with Crippen molar-refractivity contribution in [1.82, 2.24) is 0 Å². The van der Waals surface area contributed by atoms with E-state index in [-0.39, 0.29) is 16.3 Å². The van der Waals surface area contributed by atoms with Gasteiger partial charge in [-0.2, -0.15) is 0 Å². The number of hydrogen-bond donors (Lipinski definition) is 4. The number of phenolic OH excluding ortho intramolecular Hbond substituents is 1. The quantitative estimate of drug-likeness (QED) is 0.643. The third-order valence-corrected chi connectivity index (χ3v) is 3.94. The van der Waals surface area contributed by atoms with Gasteiger partial charge < -0.3 is 15.7 Å². The number of nitrogens with two attached hydrogens (primary N) is 1. The van der Waals surface area contributed by atoms with Gasteiger partial charge in [0.05, 0.1) is 10.6 Å². The predicted molar refractivity (Wildman–Crippen MR) is 88.0 cm³/mol. The molecule has 2 rings (SSSR count). The van der Waals surface area contributed by atoms with E-state index in [9.17, 15) is 18.3 Å². The number of primary sulfonamides is 1. The van der Waals surface area contributed by atoms with E-state index in [1.807, 2.05) is 19.9 Å². The number of carbonyl (C=O) groups is 1. The Morgan fingerprint density at radius 3 is 2.22 bits per heavy atom. The summed E-state index contributed by atoms with van der Waals surface area (Å²) in [7, 11) is -3.93. The first-order chi connectivity index (χ1) is 10.6. The van der Waals surface area contributed by atoms with E-state index in [0.29, 0.717) is 5.69 Å². The van der Waals surface area contributed by atoms with Crippen molar-refractivity contribution < 1.29 is 18.3 Å². The van der Waals surface area contributed by atoms with Gasteiger partial charge in [0.25, 0.3) is 0 Å². The smallest absolute Gasteiger partial charge is 0.323 e. The molecule has 0 heterocycles. The van der Waals surface area contributed by atoms with Crippen LogP contribution in [0.15, 0.2) is 41.3 Å². The fourth-order valence-electron chi connectivity index (χ4n) is 2.12. The molecule has 0 saturated heterocycles. The second kappa shape index (κ2) is 6.27. The highest BCUT2D eigenvalue weighted by Gasteiger charge is 2.13. The van der Waals surface area contributed by atoms with Crippen LogP contribution in [0.5, 0.6) is 5.75 Å². The summed E-state index contributed by atoms with van der Waals surface area (Å²) in [4.78, 5) is 11.8. The van der Waals surface area contributed by atoms with Crippen LogP contribution >= 0.6 is 0 Å². The van der Waals surface area contributed by atoms with Crippen LogP contribution in [0.25, 0.3) is 0 Å². The van der Waals surface area contributed by atoms with Crippen LogP contribution in [-0.4, -0.2) is 19.6 Å². The Labute approximate surface area is 134 Å². The van der Waals surface area contributed by atoms with Gasteiger partial charge in [-0.1, -0.05) is 6.07 Å². The van der Waals surface area contributed by atoms with Crippen molar-refractivity contribution in [3.8, 4) is 5.75 Å². The van der Waals surface area contributed by atoms with Crippen molar-refractivity contribution in [3.63, 3.8) is 0 Å². The molecule has 0 fully saturated rings. The number of sulfonamides is 1. The Bertz CT molecular complexity index is 843. The molecule has 0 unspecified atom stereocenters. The lowest BCUT2D eigenvalue weighted by Crippen LogP contribution is -2.20. The average Bonchev–Trinajstić information content (AvgIpc) is 2.38. The summed E-state index contributed by atoms with van der Waals surface area (Å²) in [6.45, 7) is 3.80. The topological polar surface area (TPSA) is 122 Å². The monoisotopic (exact) mass is 335 g/mol. The summed E-state index contributed by atoms with van der Waals surface area (Å²) in [5.41, 5.74) is 2.50. The van der Waals surface area contributed by atoms with Gasteiger partial charge in [0, 0.05) is 5.69 Å². The number of rotatable bonds is 3. The van der Waals surface area contributed by atoms with Crippen molar-refractivity contribution in [2.75, 3.05) is 10.6 Å². The Morgan fingerprint density at radius 2 is 1.65 bits per heavy atom. The molecule has 2 aromatic carbocycles. The molecule has 0 aliphatic carbocycles. The molecule has 0 spiro atoms. The zero-order valence-electron chi connectivity index (χ0n) is 12.6. The Morgan fingerprint density at radius 1 is 1.04 bits per heavy atom. The molecule has 0 bridgehead atoms. The Balaban J connectivity index is 2.20. The second-order valence-corrected chi connectivity index (χ2v) is 6.74. The van der Waals surface area contributed by atoms with Crippen LogP contribution < -0.4 is 15.8 Å². The highest BCUT2D eigenvalue weighted by atomic mass is 32.2. The number of aryl methyl sites for hydroxylation is 2. The predicted octanol–water partition coefficient (Wildman–Crippen LogP) is 2.30. The molecule has 23 heavy (non-hydrogen) atoms. The molecular weight excluding hydrogens is 318 g/mol. The average molecular weight is 335 g/mol. The number of nitrogens with one attached hydrogen (secondary N) is 2. The molecule has 2 amide bonds. The number of urea groups is 1. The molecule has 0 radical (unpaired) electrons. The van der Waals surface area contributed by atoms with Crippen molar-refractivity contribution in [2.45, 2.75) is 18.7 Å². The maximum Gasteiger partial charge on any atom is 0.323 e. The first kappa shape index (κ1) is 16.8. The molecule has 0 atom stereocenters. The normalized spacial score (nSPS) is 11.1. The molecule has 2 aromatic rings. The van der Waals surface area contributed by atoms with E-state index in [1.54, 1.807) is 12.1 Å². The zero-order chi connectivity index (χ0) is 17.2. The second-order valence-electron chi connectivity index (χ2n) is 5.18. The Hall–Kier alpha value is -2.58. The fraction of sp³-hybridized carbons (Fsp3) is 0.133. The highest BCUT2D eigenvalue weighted by Crippen LogP contribution is 2.26. The lowest BCUT2D eigenvalue weighted by Gasteiger charge is -2.11. The first-order valence-corrected chi connectivity index (χ1v) is 8.22. The van der Waals surface area contributed by atoms with Crippen LogP contribution in [-0.2, 0) is 10.0 Å². The summed E-state index contributed by atoms with van der Waals surface area (Å²) in [5.74, 6) is -0.270. The van der Waals surface area contributed by atoms with Crippen LogP contribution in [0.3, 0.4) is 0 Å². The summed E-state index contributed by atoms with van der Waals surface area (Å²) >= 11 is 0. The molecular formula is C15H17N3O4S. The van der Waals surface area contributed by atoms with E-state index < -0.39 is 16.1 Å². The molecule has 0 saturated carbocycles. The number of carbonyl (C=O) groups excluding carboxylic acids is 1. The van der Waals surface area contributed by atoms with Gasteiger partial charge in [-0.15, -0.1) is 0 Å². The number of aromatic hydroxyl groups is 1. The molecule has 5 N–H and O–H groups in total. The number of benzene rings is 2. The molecule has 8 heteroatoms.